The molecular formula is C26H21ClFNO5. The van der Waals surface area contributed by atoms with Crippen molar-refractivity contribution in [2.24, 2.45) is 0 Å². The molecule has 3 aromatic rings. The number of ether oxygens (including phenoxy) is 2. The number of benzene rings is 3. The van der Waals surface area contributed by atoms with E-state index >= 15 is 0 Å². The van der Waals surface area contributed by atoms with Gasteiger partial charge in [-0.15, -0.1) is 0 Å². The average Bonchev–Trinajstić information content (AvgIpc) is 3.10. The summed E-state index contributed by atoms with van der Waals surface area (Å²) in [6.07, 6.45) is 0. The van der Waals surface area contributed by atoms with Crippen LogP contribution in [-0.2, 0) is 9.59 Å². The highest BCUT2D eigenvalue weighted by molar-refractivity contribution is 6.51. The number of carbonyl (C=O) groups is 2. The molecule has 1 N–H and O–H groups in total. The van der Waals surface area contributed by atoms with Gasteiger partial charge in [-0.1, -0.05) is 29.8 Å². The Labute approximate surface area is 200 Å². The molecule has 1 atom stereocenters. The van der Waals surface area contributed by atoms with E-state index in [0.717, 1.165) is 6.07 Å². The van der Waals surface area contributed by atoms with Crippen molar-refractivity contribution in [1.82, 2.24) is 0 Å². The Morgan fingerprint density at radius 3 is 2.56 bits per heavy atom. The van der Waals surface area contributed by atoms with Crippen LogP contribution in [0.25, 0.3) is 5.76 Å². The highest BCUT2D eigenvalue weighted by atomic mass is 35.5. The number of nitrogens with zero attached hydrogens (tertiary/aromatic N) is 1. The summed E-state index contributed by atoms with van der Waals surface area (Å²) in [6.45, 7) is 2.13. The fourth-order valence-corrected chi connectivity index (χ4v) is 4.10. The van der Waals surface area contributed by atoms with Crippen LogP contribution in [-0.4, -0.2) is 30.5 Å². The van der Waals surface area contributed by atoms with Gasteiger partial charge in [-0.05, 0) is 61.0 Å². The molecule has 0 saturated carbocycles. The number of aliphatic hydroxyl groups is 1. The number of carbonyl (C=O) groups excluding carboxylic acids is 2. The third-order valence-electron chi connectivity index (χ3n) is 5.44. The second-order valence-electron chi connectivity index (χ2n) is 7.50. The molecule has 0 spiro atoms. The van der Waals surface area contributed by atoms with Gasteiger partial charge >= 0.3 is 0 Å². The summed E-state index contributed by atoms with van der Waals surface area (Å²) in [7, 11) is 1.49. The highest BCUT2D eigenvalue weighted by Crippen LogP contribution is 2.43. The fraction of sp³-hybridized carbons (Fsp3) is 0.154. The number of hydrogen-bond acceptors (Lipinski definition) is 5. The minimum absolute atomic E-state index is 0.146. The van der Waals surface area contributed by atoms with Crippen LogP contribution in [0.3, 0.4) is 0 Å². The molecule has 0 bridgehead atoms. The SMILES string of the molecule is CCOc1cc(/C(O)=C2\C(=O)C(=O)N(c3cccc(F)c3)C2c2cccc(OC)c2)ccc1Cl. The second kappa shape index (κ2) is 9.57. The Morgan fingerprint density at radius 2 is 1.85 bits per heavy atom. The van der Waals surface area contributed by atoms with Gasteiger partial charge in [0.05, 0.1) is 30.4 Å². The molecule has 1 amide bonds. The summed E-state index contributed by atoms with van der Waals surface area (Å²) < 4.78 is 24.8. The number of methoxy groups -OCH3 is 1. The smallest absolute Gasteiger partial charge is 0.300 e. The van der Waals surface area contributed by atoms with Crippen molar-refractivity contribution in [2.45, 2.75) is 13.0 Å². The summed E-state index contributed by atoms with van der Waals surface area (Å²) >= 11 is 6.17. The maximum Gasteiger partial charge on any atom is 0.300 e. The van der Waals surface area contributed by atoms with Crippen LogP contribution in [0.5, 0.6) is 11.5 Å². The molecule has 0 radical (unpaired) electrons. The van der Waals surface area contributed by atoms with E-state index < -0.39 is 29.3 Å². The fourth-order valence-electron chi connectivity index (χ4n) is 3.92. The Hall–Kier alpha value is -3.84. The zero-order chi connectivity index (χ0) is 24.4. The minimum atomic E-state index is -1.02. The molecule has 6 nitrogen and oxygen atoms in total. The normalized spacial score (nSPS) is 17.2. The first-order valence-electron chi connectivity index (χ1n) is 10.5. The summed E-state index contributed by atoms with van der Waals surface area (Å²) in [4.78, 5) is 27.5. The number of anilines is 1. The molecule has 0 aliphatic carbocycles. The molecule has 1 heterocycles. The van der Waals surface area contributed by atoms with E-state index in [9.17, 15) is 19.1 Å². The van der Waals surface area contributed by atoms with E-state index in [1.54, 1.807) is 31.2 Å². The van der Waals surface area contributed by atoms with Crippen LogP contribution in [0, 0.1) is 5.82 Å². The molecule has 0 aromatic heterocycles. The van der Waals surface area contributed by atoms with Gasteiger partial charge in [-0.25, -0.2) is 4.39 Å². The highest BCUT2D eigenvalue weighted by Gasteiger charge is 2.47. The third-order valence-corrected chi connectivity index (χ3v) is 5.76. The molecular weight excluding hydrogens is 461 g/mol. The van der Waals surface area contributed by atoms with Crippen molar-refractivity contribution >= 4 is 34.7 Å². The van der Waals surface area contributed by atoms with Gasteiger partial charge < -0.3 is 14.6 Å². The lowest BCUT2D eigenvalue weighted by molar-refractivity contribution is -0.132. The first-order chi connectivity index (χ1) is 16.3. The van der Waals surface area contributed by atoms with E-state index in [-0.39, 0.29) is 16.8 Å². The predicted molar refractivity (Wildman–Crippen MR) is 127 cm³/mol. The van der Waals surface area contributed by atoms with Gasteiger partial charge in [0.2, 0.25) is 0 Å². The molecule has 174 valence electrons. The molecule has 1 unspecified atom stereocenters. The minimum Gasteiger partial charge on any atom is -0.507 e. The number of aliphatic hydroxyl groups excluding tert-OH is 1. The zero-order valence-electron chi connectivity index (χ0n) is 18.4. The second-order valence-corrected chi connectivity index (χ2v) is 7.91. The summed E-state index contributed by atoms with van der Waals surface area (Å²) in [6, 6.07) is 15.7. The number of halogens is 2. The summed E-state index contributed by atoms with van der Waals surface area (Å²) in [5, 5.41) is 11.6. The first-order valence-corrected chi connectivity index (χ1v) is 10.9. The van der Waals surface area contributed by atoms with E-state index in [0.29, 0.717) is 28.7 Å². The van der Waals surface area contributed by atoms with E-state index in [1.165, 1.54) is 48.4 Å². The molecule has 1 saturated heterocycles. The molecule has 4 rings (SSSR count). The van der Waals surface area contributed by atoms with Gasteiger partial charge in [0.1, 0.15) is 23.1 Å². The number of hydrogen-bond donors (Lipinski definition) is 1. The quantitative estimate of drug-likeness (QED) is 0.285. The molecule has 1 aliphatic heterocycles. The van der Waals surface area contributed by atoms with Gasteiger partial charge in [0, 0.05) is 11.3 Å². The first kappa shape index (κ1) is 23.3. The Bertz CT molecular complexity index is 1310. The van der Waals surface area contributed by atoms with Gasteiger partial charge in [-0.3, -0.25) is 14.5 Å². The van der Waals surface area contributed by atoms with E-state index in [2.05, 4.69) is 0 Å². The van der Waals surface area contributed by atoms with Crippen LogP contribution in [0.1, 0.15) is 24.1 Å². The van der Waals surface area contributed by atoms with E-state index in [1.807, 2.05) is 0 Å². The van der Waals surface area contributed by atoms with Crippen LogP contribution in [0.4, 0.5) is 10.1 Å². The topological polar surface area (TPSA) is 76.1 Å². The molecule has 1 fully saturated rings. The van der Waals surface area contributed by atoms with Crippen LogP contribution >= 0.6 is 11.6 Å². The molecule has 3 aromatic carbocycles. The van der Waals surface area contributed by atoms with Crippen molar-refractivity contribution in [3.63, 3.8) is 0 Å². The van der Waals surface area contributed by atoms with E-state index in [4.69, 9.17) is 21.1 Å². The lowest BCUT2D eigenvalue weighted by Gasteiger charge is -2.25. The van der Waals surface area contributed by atoms with Gasteiger partial charge in [0.25, 0.3) is 11.7 Å². The lowest BCUT2D eigenvalue weighted by Crippen LogP contribution is -2.29. The standard InChI is InChI=1S/C26H21ClFNO5/c1-3-34-21-13-16(10-11-20(21)27)24(30)22-23(15-6-4-9-19(12-15)33-2)29(26(32)25(22)31)18-8-5-7-17(28)14-18/h4-14,23,30H,3H2,1-2H3/b24-22+. The maximum absolute atomic E-state index is 14.0. The number of Topliss-reactive ketones (excluding diaryl/α,β-unsaturated/α-hetero) is 1. The summed E-state index contributed by atoms with van der Waals surface area (Å²) in [5.74, 6) is -1.94. The Balaban J connectivity index is 1.95. The van der Waals surface area contributed by atoms with Crippen molar-refractivity contribution < 1.29 is 28.6 Å². The lowest BCUT2D eigenvalue weighted by atomic mass is 9.95. The van der Waals surface area contributed by atoms with Gasteiger partial charge in [0.15, 0.2) is 0 Å². The van der Waals surface area contributed by atoms with Crippen molar-refractivity contribution in [2.75, 3.05) is 18.6 Å². The van der Waals surface area contributed by atoms with Crippen LogP contribution in [0.15, 0.2) is 72.3 Å². The zero-order valence-corrected chi connectivity index (χ0v) is 19.2. The number of rotatable bonds is 6. The van der Waals surface area contributed by atoms with Crippen LogP contribution in [0.2, 0.25) is 5.02 Å². The Morgan fingerprint density at radius 1 is 1.09 bits per heavy atom. The van der Waals surface area contributed by atoms with Crippen molar-refractivity contribution in [3.05, 3.63) is 94.3 Å². The average molecular weight is 482 g/mol. The Kier molecular flexibility index (Phi) is 6.56. The van der Waals surface area contributed by atoms with Gasteiger partial charge in [-0.2, -0.15) is 0 Å². The third kappa shape index (κ3) is 4.22. The molecule has 1 aliphatic rings. The predicted octanol–water partition coefficient (Wildman–Crippen LogP) is 5.51. The largest absolute Gasteiger partial charge is 0.507 e. The maximum atomic E-state index is 14.0. The van der Waals surface area contributed by atoms with Crippen molar-refractivity contribution in [3.8, 4) is 11.5 Å². The molecule has 34 heavy (non-hydrogen) atoms. The summed E-state index contributed by atoms with van der Waals surface area (Å²) in [5.41, 5.74) is 0.786. The molecule has 8 heteroatoms. The van der Waals surface area contributed by atoms with Crippen molar-refractivity contribution in [1.29, 1.82) is 0 Å². The van der Waals surface area contributed by atoms with Crippen LogP contribution < -0.4 is 14.4 Å². The number of ketones is 1. The monoisotopic (exact) mass is 481 g/mol. The number of amides is 1.